The van der Waals surface area contributed by atoms with Crippen LogP contribution in [0.4, 0.5) is 4.39 Å². The number of nitrogens with zero attached hydrogens (tertiary/aromatic N) is 3. The first-order chi connectivity index (χ1) is 14.6. The van der Waals surface area contributed by atoms with Crippen LogP contribution in [-0.2, 0) is 16.0 Å². The second-order valence-corrected chi connectivity index (χ2v) is 7.87. The Balaban J connectivity index is 1.39. The SMILES string of the molecule is O=C(CCc1ccccc1F)N1CCC[C@@H](c2[nH]ncc2C(=O)N2CCOCC2)C1. The zero-order valence-corrected chi connectivity index (χ0v) is 17.0. The summed E-state index contributed by atoms with van der Waals surface area (Å²) in [5, 5.41) is 7.12. The summed E-state index contributed by atoms with van der Waals surface area (Å²) in [7, 11) is 0. The molecule has 0 radical (unpaired) electrons. The first-order valence-corrected chi connectivity index (χ1v) is 10.5. The number of morpholine rings is 1. The average molecular weight is 414 g/mol. The highest BCUT2D eigenvalue weighted by atomic mass is 19.1. The number of benzene rings is 1. The summed E-state index contributed by atoms with van der Waals surface area (Å²) >= 11 is 0. The number of carbonyl (C=O) groups excluding carboxylic acids is 2. The lowest BCUT2D eigenvalue weighted by atomic mass is 9.92. The zero-order chi connectivity index (χ0) is 20.9. The Morgan fingerprint density at radius 3 is 2.77 bits per heavy atom. The van der Waals surface area contributed by atoms with Crippen molar-refractivity contribution in [2.24, 2.45) is 0 Å². The van der Waals surface area contributed by atoms with Crippen LogP contribution in [0.1, 0.15) is 46.8 Å². The number of halogens is 1. The van der Waals surface area contributed by atoms with Crippen molar-refractivity contribution in [3.05, 3.63) is 53.1 Å². The van der Waals surface area contributed by atoms with Gasteiger partial charge in [0.15, 0.2) is 0 Å². The topological polar surface area (TPSA) is 78.5 Å². The van der Waals surface area contributed by atoms with Crippen molar-refractivity contribution in [2.45, 2.75) is 31.6 Å². The summed E-state index contributed by atoms with van der Waals surface area (Å²) in [6.07, 6.45) is 4.00. The van der Waals surface area contributed by atoms with Crippen molar-refractivity contribution < 1.29 is 18.7 Å². The molecule has 2 aliphatic rings. The lowest BCUT2D eigenvalue weighted by Gasteiger charge is -2.33. The van der Waals surface area contributed by atoms with Crippen LogP contribution in [0.25, 0.3) is 0 Å². The Labute approximate surface area is 175 Å². The third-order valence-electron chi connectivity index (χ3n) is 5.95. The second kappa shape index (κ2) is 9.38. The van der Waals surface area contributed by atoms with Crippen LogP contribution in [-0.4, -0.2) is 71.2 Å². The van der Waals surface area contributed by atoms with E-state index in [9.17, 15) is 14.0 Å². The minimum absolute atomic E-state index is 0.0172. The van der Waals surface area contributed by atoms with Gasteiger partial charge in [-0.1, -0.05) is 18.2 Å². The molecular weight excluding hydrogens is 387 g/mol. The predicted octanol–water partition coefficient (Wildman–Crippen LogP) is 2.36. The number of amides is 2. The fourth-order valence-corrected chi connectivity index (χ4v) is 4.25. The normalized spacial score (nSPS) is 19.7. The van der Waals surface area contributed by atoms with Gasteiger partial charge in [-0.3, -0.25) is 14.7 Å². The summed E-state index contributed by atoms with van der Waals surface area (Å²) in [5.74, 6) is -0.252. The average Bonchev–Trinajstić information content (AvgIpc) is 3.28. The van der Waals surface area contributed by atoms with Gasteiger partial charge in [0.25, 0.3) is 5.91 Å². The Hall–Kier alpha value is -2.74. The standard InChI is InChI=1S/C22H27FN4O3/c23-19-6-2-1-4-16(19)7-8-20(28)27-9-3-5-17(15-27)21-18(14-24-25-21)22(29)26-10-12-30-13-11-26/h1-2,4,6,14,17H,3,5,7-13,15H2,(H,24,25)/t17-/m1/s1. The van der Waals surface area contributed by atoms with Gasteiger partial charge in [-0.25, -0.2) is 4.39 Å². The van der Waals surface area contributed by atoms with Crippen molar-refractivity contribution in [2.75, 3.05) is 39.4 Å². The number of aromatic amines is 1. The number of carbonyl (C=O) groups is 2. The number of nitrogens with one attached hydrogen (secondary N) is 1. The number of aromatic nitrogens is 2. The molecule has 2 amide bonds. The van der Waals surface area contributed by atoms with Gasteiger partial charge in [0.05, 0.1) is 30.7 Å². The smallest absolute Gasteiger partial charge is 0.257 e. The quantitative estimate of drug-likeness (QED) is 0.815. The number of H-pyrrole nitrogens is 1. The van der Waals surface area contributed by atoms with E-state index in [2.05, 4.69) is 10.2 Å². The van der Waals surface area contributed by atoms with E-state index in [4.69, 9.17) is 4.74 Å². The van der Waals surface area contributed by atoms with E-state index in [1.54, 1.807) is 29.3 Å². The van der Waals surface area contributed by atoms with Gasteiger partial charge >= 0.3 is 0 Å². The monoisotopic (exact) mass is 414 g/mol. The van der Waals surface area contributed by atoms with E-state index >= 15 is 0 Å². The molecule has 2 aliphatic heterocycles. The van der Waals surface area contributed by atoms with Crippen molar-refractivity contribution in [1.82, 2.24) is 20.0 Å². The molecule has 1 aromatic carbocycles. The maximum Gasteiger partial charge on any atom is 0.257 e. The number of aryl methyl sites for hydroxylation is 1. The van der Waals surface area contributed by atoms with Gasteiger partial charge in [-0.15, -0.1) is 0 Å². The van der Waals surface area contributed by atoms with Crippen LogP contribution in [0.2, 0.25) is 0 Å². The molecule has 0 spiro atoms. The fraction of sp³-hybridized carbons (Fsp3) is 0.500. The van der Waals surface area contributed by atoms with Crippen molar-refractivity contribution in [3.8, 4) is 0 Å². The fourth-order valence-electron chi connectivity index (χ4n) is 4.25. The van der Waals surface area contributed by atoms with E-state index < -0.39 is 0 Å². The molecule has 4 rings (SSSR count). The highest BCUT2D eigenvalue weighted by Gasteiger charge is 2.30. The van der Waals surface area contributed by atoms with E-state index in [-0.39, 0.29) is 30.0 Å². The van der Waals surface area contributed by atoms with Gasteiger partial charge in [-0.05, 0) is 30.9 Å². The maximum absolute atomic E-state index is 13.8. The zero-order valence-electron chi connectivity index (χ0n) is 17.0. The lowest BCUT2D eigenvalue weighted by molar-refractivity contribution is -0.132. The number of ether oxygens (including phenoxy) is 1. The molecule has 1 aromatic heterocycles. The summed E-state index contributed by atoms with van der Waals surface area (Å²) in [4.78, 5) is 29.3. The molecule has 7 nitrogen and oxygen atoms in total. The number of rotatable bonds is 5. The summed E-state index contributed by atoms with van der Waals surface area (Å²) in [6.45, 7) is 3.48. The molecule has 8 heteroatoms. The van der Waals surface area contributed by atoms with Crippen LogP contribution in [0.15, 0.2) is 30.5 Å². The molecular formula is C22H27FN4O3. The van der Waals surface area contributed by atoms with Gasteiger partial charge in [0.2, 0.25) is 5.91 Å². The van der Waals surface area contributed by atoms with E-state index in [1.165, 1.54) is 6.07 Å². The third kappa shape index (κ3) is 4.53. The Kier molecular flexibility index (Phi) is 6.42. The van der Waals surface area contributed by atoms with Crippen LogP contribution in [0.3, 0.4) is 0 Å². The Bertz CT molecular complexity index is 894. The largest absolute Gasteiger partial charge is 0.378 e. The highest BCUT2D eigenvalue weighted by Crippen LogP contribution is 2.29. The van der Waals surface area contributed by atoms with Crippen LogP contribution in [0.5, 0.6) is 0 Å². The molecule has 3 heterocycles. The molecule has 30 heavy (non-hydrogen) atoms. The van der Waals surface area contributed by atoms with Crippen molar-refractivity contribution in [3.63, 3.8) is 0 Å². The molecule has 2 saturated heterocycles. The third-order valence-corrected chi connectivity index (χ3v) is 5.95. The lowest BCUT2D eigenvalue weighted by Crippen LogP contribution is -2.42. The predicted molar refractivity (Wildman–Crippen MR) is 109 cm³/mol. The van der Waals surface area contributed by atoms with E-state index in [0.29, 0.717) is 56.9 Å². The van der Waals surface area contributed by atoms with E-state index in [1.807, 2.05) is 4.90 Å². The first kappa shape index (κ1) is 20.5. The summed E-state index contributed by atoms with van der Waals surface area (Å²) < 4.78 is 19.2. The molecule has 2 fully saturated rings. The molecule has 0 unspecified atom stereocenters. The number of likely N-dealkylation sites (tertiary alicyclic amines) is 1. The molecule has 160 valence electrons. The summed E-state index contributed by atoms with van der Waals surface area (Å²) in [5.41, 5.74) is 1.95. The number of hydrogen-bond donors (Lipinski definition) is 1. The maximum atomic E-state index is 13.8. The minimum atomic E-state index is -0.273. The number of piperidine rings is 1. The van der Waals surface area contributed by atoms with Gasteiger partial charge in [0, 0.05) is 38.5 Å². The van der Waals surface area contributed by atoms with Gasteiger partial charge in [0.1, 0.15) is 5.82 Å². The Morgan fingerprint density at radius 2 is 1.97 bits per heavy atom. The minimum Gasteiger partial charge on any atom is -0.378 e. The number of hydrogen-bond acceptors (Lipinski definition) is 4. The highest BCUT2D eigenvalue weighted by molar-refractivity contribution is 5.95. The van der Waals surface area contributed by atoms with Gasteiger partial charge < -0.3 is 14.5 Å². The molecule has 1 N–H and O–H groups in total. The molecule has 2 aromatic rings. The molecule has 0 bridgehead atoms. The Morgan fingerprint density at radius 1 is 1.17 bits per heavy atom. The van der Waals surface area contributed by atoms with Crippen LogP contribution >= 0.6 is 0 Å². The van der Waals surface area contributed by atoms with Crippen LogP contribution < -0.4 is 0 Å². The molecule has 0 aliphatic carbocycles. The molecule has 1 atom stereocenters. The van der Waals surface area contributed by atoms with E-state index in [0.717, 1.165) is 18.5 Å². The molecule has 0 saturated carbocycles. The second-order valence-electron chi connectivity index (χ2n) is 7.87. The van der Waals surface area contributed by atoms with Gasteiger partial charge in [-0.2, -0.15) is 5.10 Å². The van der Waals surface area contributed by atoms with Crippen LogP contribution in [0, 0.1) is 5.82 Å². The van der Waals surface area contributed by atoms with Crippen molar-refractivity contribution in [1.29, 1.82) is 0 Å². The first-order valence-electron chi connectivity index (χ1n) is 10.5. The van der Waals surface area contributed by atoms with Crippen molar-refractivity contribution >= 4 is 11.8 Å². The summed E-state index contributed by atoms with van der Waals surface area (Å²) in [6, 6.07) is 6.57.